The second-order valence-corrected chi connectivity index (χ2v) is 4.91. The Labute approximate surface area is 96.8 Å². The van der Waals surface area contributed by atoms with Crippen molar-refractivity contribution in [3.63, 3.8) is 0 Å². The van der Waals surface area contributed by atoms with Gasteiger partial charge in [0.1, 0.15) is 0 Å². The molecule has 0 unspecified atom stereocenters. The molecule has 0 fully saturated rings. The van der Waals surface area contributed by atoms with E-state index in [2.05, 4.69) is 32.4 Å². The summed E-state index contributed by atoms with van der Waals surface area (Å²) < 4.78 is 7.47. The van der Waals surface area contributed by atoms with Crippen LogP contribution in [0.5, 0.6) is 0 Å². The van der Waals surface area contributed by atoms with Crippen molar-refractivity contribution in [3.05, 3.63) is 16.0 Å². The van der Waals surface area contributed by atoms with Gasteiger partial charge in [-0.05, 0) is 36.4 Å². The molecule has 1 heterocycles. The van der Waals surface area contributed by atoms with Gasteiger partial charge in [-0.3, -0.25) is 9.48 Å². The first kappa shape index (κ1) is 11.5. The molecule has 0 aliphatic carbocycles. The predicted octanol–water partition coefficient (Wildman–Crippen LogP) is 1.79. The molecule has 0 saturated carbocycles. The standard InChI is InChI=1S/C9H13IN2O2/c1-9(2,4-8(13)14-3)12-6-7(10)5-11-12/h5-6H,4H2,1-3H3. The van der Waals surface area contributed by atoms with Crippen LogP contribution < -0.4 is 0 Å². The van der Waals surface area contributed by atoms with Gasteiger partial charge >= 0.3 is 5.97 Å². The van der Waals surface area contributed by atoms with Crippen LogP contribution in [0.25, 0.3) is 0 Å². The number of rotatable bonds is 3. The molecule has 0 aliphatic heterocycles. The number of nitrogens with zero attached hydrogens (tertiary/aromatic N) is 2. The Kier molecular flexibility index (Phi) is 3.52. The minimum Gasteiger partial charge on any atom is -0.469 e. The maximum Gasteiger partial charge on any atom is 0.307 e. The van der Waals surface area contributed by atoms with E-state index in [9.17, 15) is 4.79 Å². The summed E-state index contributed by atoms with van der Waals surface area (Å²) in [4.78, 5) is 11.1. The van der Waals surface area contributed by atoms with Crippen LogP contribution in [-0.4, -0.2) is 22.9 Å². The van der Waals surface area contributed by atoms with Crippen LogP contribution in [0.15, 0.2) is 12.4 Å². The fourth-order valence-corrected chi connectivity index (χ4v) is 1.53. The lowest BCUT2D eigenvalue weighted by atomic mass is 10.0. The number of carbonyl (C=O) groups is 1. The molecule has 0 amide bonds. The van der Waals surface area contributed by atoms with E-state index in [1.807, 2.05) is 20.0 Å². The summed E-state index contributed by atoms with van der Waals surface area (Å²) in [6.07, 6.45) is 3.99. The molecule has 5 heteroatoms. The smallest absolute Gasteiger partial charge is 0.307 e. The second kappa shape index (κ2) is 4.29. The number of carbonyl (C=O) groups excluding carboxylic acids is 1. The Bertz CT molecular complexity index is 333. The molecular weight excluding hydrogens is 295 g/mol. The quantitative estimate of drug-likeness (QED) is 0.631. The van der Waals surface area contributed by atoms with Crippen LogP contribution >= 0.6 is 22.6 Å². The van der Waals surface area contributed by atoms with Crippen LogP contribution in [0.2, 0.25) is 0 Å². The van der Waals surface area contributed by atoms with E-state index >= 15 is 0 Å². The molecule has 0 atom stereocenters. The largest absolute Gasteiger partial charge is 0.469 e. The van der Waals surface area contributed by atoms with E-state index in [1.165, 1.54) is 7.11 Å². The zero-order chi connectivity index (χ0) is 10.8. The van der Waals surface area contributed by atoms with Gasteiger partial charge in [-0.1, -0.05) is 0 Å². The number of hydrogen-bond donors (Lipinski definition) is 0. The summed E-state index contributed by atoms with van der Waals surface area (Å²) >= 11 is 2.18. The summed E-state index contributed by atoms with van der Waals surface area (Å²) in [6, 6.07) is 0. The summed E-state index contributed by atoms with van der Waals surface area (Å²) in [5, 5.41) is 4.18. The van der Waals surface area contributed by atoms with Gasteiger partial charge < -0.3 is 4.74 Å². The van der Waals surface area contributed by atoms with Gasteiger partial charge in [0.2, 0.25) is 0 Å². The second-order valence-electron chi connectivity index (χ2n) is 3.67. The maximum atomic E-state index is 11.1. The third-order valence-electron chi connectivity index (χ3n) is 1.98. The Balaban J connectivity index is 2.79. The number of ether oxygens (including phenoxy) is 1. The van der Waals surface area contributed by atoms with Crippen molar-refractivity contribution in [3.8, 4) is 0 Å². The summed E-state index contributed by atoms with van der Waals surface area (Å²) in [5.41, 5.74) is -0.337. The lowest BCUT2D eigenvalue weighted by molar-refractivity contribution is -0.142. The topological polar surface area (TPSA) is 44.1 Å². The molecule has 0 saturated heterocycles. The molecule has 0 aliphatic rings. The van der Waals surface area contributed by atoms with Gasteiger partial charge in [-0.25, -0.2) is 0 Å². The zero-order valence-electron chi connectivity index (χ0n) is 8.45. The van der Waals surface area contributed by atoms with Crippen LogP contribution in [0, 0.1) is 3.57 Å². The highest BCUT2D eigenvalue weighted by molar-refractivity contribution is 14.1. The van der Waals surface area contributed by atoms with Crippen molar-refractivity contribution in [2.75, 3.05) is 7.11 Å². The van der Waals surface area contributed by atoms with Gasteiger partial charge in [0.25, 0.3) is 0 Å². The number of aromatic nitrogens is 2. The fourth-order valence-electron chi connectivity index (χ4n) is 1.14. The van der Waals surface area contributed by atoms with Crippen molar-refractivity contribution in [2.24, 2.45) is 0 Å². The number of methoxy groups -OCH3 is 1. The van der Waals surface area contributed by atoms with E-state index < -0.39 is 0 Å². The highest BCUT2D eigenvalue weighted by Crippen LogP contribution is 2.20. The Hall–Kier alpha value is -0.590. The molecule has 1 aromatic heterocycles. The van der Waals surface area contributed by atoms with Crippen molar-refractivity contribution in [1.29, 1.82) is 0 Å². The lowest BCUT2D eigenvalue weighted by Crippen LogP contribution is -2.30. The molecule has 0 bridgehead atoms. The minimum absolute atomic E-state index is 0.222. The monoisotopic (exact) mass is 308 g/mol. The third kappa shape index (κ3) is 2.70. The molecule has 1 aromatic rings. The van der Waals surface area contributed by atoms with Crippen LogP contribution in [-0.2, 0) is 15.1 Å². The molecule has 0 aromatic carbocycles. The van der Waals surface area contributed by atoms with E-state index in [0.717, 1.165) is 3.57 Å². The summed E-state index contributed by atoms with van der Waals surface area (Å²) in [5.74, 6) is -0.222. The highest BCUT2D eigenvalue weighted by Gasteiger charge is 2.25. The maximum absolute atomic E-state index is 11.1. The van der Waals surface area contributed by atoms with E-state index in [4.69, 9.17) is 0 Å². The van der Waals surface area contributed by atoms with Crippen molar-refractivity contribution in [2.45, 2.75) is 25.8 Å². The van der Waals surface area contributed by atoms with Crippen LogP contribution in [0.4, 0.5) is 0 Å². The predicted molar refractivity (Wildman–Crippen MR) is 60.9 cm³/mol. The first-order chi connectivity index (χ1) is 6.45. The summed E-state index contributed by atoms with van der Waals surface area (Å²) in [6.45, 7) is 3.90. The normalized spacial score (nSPS) is 11.4. The first-order valence-electron chi connectivity index (χ1n) is 4.23. The first-order valence-corrected chi connectivity index (χ1v) is 5.31. The van der Waals surface area contributed by atoms with Crippen molar-refractivity contribution < 1.29 is 9.53 Å². The molecule has 0 N–H and O–H groups in total. The average molecular weight is 308 g/mol. The fraction of sp³-hybridized carbons (Fsp3) is 0.556. The molecule has 0 radical (unpaired) electrons. The SMILES string of the molecule is COC(=O)CC(C)(C)n1cc(I)cn1. The number of halogens is 1. The number of esters is 1. The van der Waals surface area contributed by atoms with Gasteiger partial charge in [-0.15, -0.1) is 0 Å². The van der Waals surface area contributed by atoms with Crippen molar-refractivity contribution >= 4 is 28.6 Å². The molecule has 14 heavy (non-hydrogen) atoms. The van der Waals surface area contributed by atoms with Gasteiger partial charge in [0.15, 0.2) is 0 Å². The van der Waals surface area contributed by atoms with Gasteiger partial charge in [0, 0.05) is 6.20 Å². The van der Waals surface area contributed by atoms with Crippen LogP contribution in [0.1, 0.15) is 20.3 Å². The number of hydrogen-bond acceptors (Lipinski definition) is 3. The molecule has 1 rings (SSSR count). The summed E-state index contributed by atoms with van der Waals surface area (Å²) in [7, 11) is 1.39. The molecule has 78 valence electrons. The van der Waals surface area contributed by atoms with Gasteiger partial charge in [-0.2, -0.15) is 5.10 Å². The van der Waals surface area contributed by atoms with Crippen molar-refractivity contribution in [1.82, 2.24) is 9.78 Å². The third-order valence-corrected chi connectivity index (χ3v) is 2.53. The highest BCUT2D eigenvalue weighted by atomic mass is 127. The molecule has 4 nitrogen and oxygen atoms in total. The van der Waals surface area contributed by atoms with E-state index in [0.29, 0.717) is 6.42 Å². The Morgan fingerprint density at radius 3 is 2.79 bits per heavy atom. The Morgan fingerprint density at radius 1 is 1.71 bits per heavy atom. The van der Waals surface area contributed by atoms with Gasteiger partial charge in [0.05, 0.1) is 28.8 Å². The molecule has 0 spiro atoms. The average Bonchev–Trinajstić information content (AvgIpc) is 2.51. The van der Waals surface area contributed by atoms with E-state index in [1.54, 1.807) is 10.9 Å². The van der Waals surface area contributed by atoms with Crippen LogP contribution in [0.3, 0.4) is 0 Å². The zero-order valence-corrected chi connectivity index (χ0v) is 10.6. The lowest BCUT2D eigenvalue weighted by Gasteiger charge is -2.23. The van der Waals surface area contributed by atoms with E-state index in [-0.39, 0.29) is 11.5 Å². The Morgan fingerprint density at radius 2 is 2.36 bits per heavy atom. The molecular formula is C9H13IN2O2. The minimum atomic E-state index is -0.337.